The molecule has 2 aromatic carbocycles. The van der Waals surface area contributed by atoms with Gasteiger partial charge in [0.15, 0.2) is 28.3 Å². The minimum atomic E-state index is -2.29. The van der Waals surface area contributed by atoms with Crippen LogP contribution in [-0.2, 0) is 9.05 Å². The van der Waals surface area contributed by atoms with Gasteiger partial charge in [-0.1, -0.05) is 27.7 Å². The number of benzene rings is 2. The molecule has 2 heterocycles. The summed E-state index contributed by atoms with van der Waals surface area (Å²) in [6, 6.07) is 6.60. The molecule has 240 valence electrons. The highest BCUT2D eigenvalue weighted by Crippen LogP contribution is 2.42. The number of ketones is 2. The molecule has 0 bridgehead atoms. The number of ether oxygens (including phenoxy) is 2. The summed E-state index contributed by atoms with van der Waals surface area (Å²) in [5.74, 6) is -0.281. The maximum Gasteiger partial charge on any atom is 0.181 e. The van der Waals surface area contributed by atoms with Crippen molar-refractivity contribution in [2.24, 2.45) is 0 Å². The van der Waals surface area contributed by atoms with Crippen molar-refractivity contribution < 1.29 is 46.7 Å². The number of rotatable bonds is 12. The Kier molecular flexibility index (Phi) is 13.1. The molecule has 0 spiro atoms. The Morgan fingerprint density at radius 2 is 1.11 bits per heavy atom. The highest BCUT2D eigenvalue weighted by Gasteiger charge is 2.23. The fourth-order valence-corrected chi connectivity index (χ4v) is 8.06. The summed E-state index contributed by atoms with van der Waals surface area (Å²) in [7, 11) is 2.49. The first kappa shape index (κ1) is 36.3. The second kappa shape index (κ2) is 15.9. The Morgan fingerprint density at radius 1 is 0.727 bits per heavy atom. The van der Waals surface area contributed by atoms with E-state index in [1.54, 1.807) is 18.2 Å². The van der Waals surface area contributed by atoms with Crippen molar-refractivity contribution in [1.29, 1.82) is 0 Å². The second-order valence-electron chi connectivity index (χ2n) is 10.2. The van der Waals surface area contributed by atoms with Gasteiger partial charge in [0.05, 0.1) is 36.3 Å². The summed E-state index contributed by atoms with van der Waals surface area (Å²) >= 11 is 2.39. The molecule has 4 rings (SSSR count). The lowest BCUT2D eigenvalue weighted by molar-refractivity contribution is 0.101. The average molecular weight is 689 g/mol. The zero-order chi connectivity index (χ0) is 32.9. The minimum absolute atomic E-state index is 0.0109. The van der Waals surface area contributed by atoms with Crippen molar-refractivity contribution in [2.45, 2.75) is 39.5 Å². The van der Waals surface area contributed by atoms with Crippen LogP contribution in [0.5, 0.6) is 11.5 Å². The number of thiophene rings is 2. The summed E-state index contributed by atoms with van der Waals surface area (Å²) in [6.45, 7) is 7.57. The first-order chi connectivity index (χ1) is 20.8. The maximum atomic E-state index is 14.8. The van der Waals surface area contributed by atoms with E-state index >= 15 is 0 Å². The third-order valence-corrected chi connectivity index (χ3v) is 10.8. The van der Waals surface area contributed by atoms with E-state index < -0.39 is 22.5 Å². The van der Waals surface area contributed by atoms with Gasteiger partial charge in [0.2, 0.25) is 0 Å². The SMILES string of the molecule is COc1cc2sc(C(=O)CP(O)O)cc2c(F)c1C(C)C.COc1cc2sc(C(=O)CP(OC)OC)cc2c(F)c1C(C)C. The van der Waals surface area contributed by atoms with Gasteiger partial charge in [-0.3, -0.25) is 9.59 Å². The second-order valence-corrected chi connectivity index (χ2v) is 15.1. The lowest BCUT2D eigenvalue weighted by Gasteiger charge is -2.13. The predicted molar refractivity (Wildman–Crippen MR) is 176 cm³/mol. The van der Waals surface area contributed by atoms with Gasteiger partial charge in [0.25, 0.3) is 0 Å². The largest absolute Gasteiger partial charge is 0.496 e. The summed E-state index contributed by atoms with van der Waals surface area (Å²) in [4.78, 5) is 42.9. The van der Waals surface area contributed by atoms with Crippen LogP contribution in [0.25, 0.3) is 20.2 Å². The minimum Gasteiger partial charge on any atom is -0.496 e. The molecule has 0 unspecified atom stereocenters. The van der Waals surface area contributed by atoms with Crippen LogP contribution in [-0.4, -0.2) is 62.1 Å². The van der Waals surface area contributed by atoms with E-state index in [-0.39, 0.29) is 41.6 Å². The van der Waals surface area contributed by atoms with E-state index in [1.165, 1.54) is 45.8 Å². The van der Waals surface area contributed by atoms with Gasteiger partial charge in [-0.25, -0.2) is 8.78 Å². The zero-order valence-corrected chi connectivity index (χ0v) is 29.1. The topological polar surface area (TPSA) is 112 Å². The van der Waals surface area contributed by atoms with Gasteiger partial charge in [-0.2, -0.15) is 0 Å². The van der Waals surface area contributed by atoms with Gasteiger partial charge in [-0.05, 0) is 36.1 Å². The van der Waals surface area contributed by atoms with E-state index in [1.807, 2.05) is 27.7 Å². The molecule has 0 radical (unpaired) electrons. The van der Waals surface area contributed by atoms with Crippen molar-refractivity contribution in [1.82, 2.24) is 0 Å². The molecule has 0 saturated carbocycles. The highest BCUT2D eigenvalue weighted by atomic mass is 32.1. The Balaban J connectivity index is 0.000000241. The van der Waals surface area contributed by atoms with E-state index in [4.69, 9.17) is 28.3 Å². The zero-order valence-electron chi connectivity index (χ0n) is 25.7. The first-order valence-electron chi connectivity index (χ1n) is 13.4. The molecule has 2 aromatic heterocycles. The number of Topliss-reactive ketones (excluding diaryl/α,β-unsaturated/α-hetero) is 2. The van der Waals surface area contributed by atoms with Gasteiger partial charge < -0.3 is 28.3 Å². The molecule has 4 aromatic rings. The van der Waals surface area contributed by atoms with E-state index in [9.17, 15) is 18.4 Å². The summed E-state index contributed by atoms with van der Waals surface area (Å²) in [5.41, 5.74) is 1.02. The Bertz CT molecular complexity index is 1630. The smallest absolute Gasteiger partial charge is 0.181 e. The van der Waals surface area contributed by atoms with Gasteiger partial charge in [0.1, 0.15) is 23.1 Å². The van der Waals surface area contributed by atoms with Crippen LogP contribution in [0.3, 0.4) is 0 Å². The van der Waals surface area contributed by atoms with Gasteiger partial charge >= 0.3 is 0 Å². The van der Waals surface area contributed by atoms with E-state index in [2.05, 4.69) is 0 Å². The average Bonchev–Trinajstić information content (AvgIpc) is 3.60. The quantitative estimate of drug-likeness (QED) is 0.112. The van der Waals surface area contributed by atoms with Crippen molar-refractivity contribution in [3.8, 4) is 11.5 Å². The molecular formula is C30H36F2O8P2S2. The number of fused-ring (bicyclic) bond motifs is 2. The molecule has 0 aliphatic carbocycles. The lowest BCUT2D eigenvalue weighted by Crippen LogP contribution is -2.03. The summed E-state index contributed by atoms with van der Waals surface area (Å²) < 4.78 is 51.5. The van der Waals surface area contributed by atoms with Crippen molar-refractivity contribution in [2.75, 3.05) is 40.8 Å². The molecule has 8 nitrogen and oxygen atoms in total. The monoisotopic (exact) mass is 688 g/mol. The van der Waals surface area contributed by atoms with Crippen LogP contribution in [0.4, 0.5) is 8.78 Å². The molecule has 0 saturated heterocycles. The van der Waals surface area contributed by atoms with Crippen LogP contribution < -0.4 is 9.47 Å². The molecule has 0 aliphatic heterocycles. The van der Waals surface area contributed by atoms with Crippen LogP contribution in [0.15, 0.2) is 24.3 Å². The van der Waals surface area contributed by atoms with Crippen molar-refractivity contribution in [3.05, 3.63) is 56.8 Å². The number of methoxy groups -OCH3 is 2. The molecule has 2 N–H and O–H groups in total. The third-order valence-electron chi connectivity index (χ3n) is 6.63. The molecule has 0 atom stereocenters. The van der Waals surface area contributed by atoms with Crippen LogP contribution in [0.2, 0.25) is 0 Å². The summed E-state index contributed by atoms with van der Waals surface area (Å²) in [6.07, 6.45) is -0.178. The Morgan fingerprint density at radius 3 is 1.43 bits per heavy atom. The Hall–Kier alpha value is -2.14. The molecular weight excluding hydrogens is 652 g/mol. The number of hydrogen-bond donors (Lipinski definition) is 2. The highest BCUT2D eigenvalue weighted by molar-refractivity contribution is 7.48. The van der Waals surface area contributed by atoms with Crippen LogP contribution in [0, 0.1) is 11.6 Å². The first-order valence-corrected chi connectivity index (χ1v) is 17.9. The molecule has 14 heteroatoms. The van der Waals surface area contributed by atoms with E-state index in [0.29, 0.717) is 52.6 Å². The summed E-state index contributed by atoms with van der Waals surface area (Å²) in [5, 5.41) is 0.829. The van der Waals surface area contributed by atoms with Gasteiger partial charge in [-0.15, -0.1) is 22.7 Å². The number of carbonyl (C=O) groups is 2. The Labute approximate surface area is 265 Å². The number of carbonyl (C=O) groups excluding carboxylic acids is 2. The van der Waals surface area contributed by atoms with Crippen molar-refractivity contribution in [3.63, 3.8) is 0 Å². The number of hydrogen-bond acceptors (Lipinski definition) is 10. The fourth-order valence-electron chi connectivity index (χ4n) is 4.56. The maximum absolute atomic E-state index is 14.8. The fraction of sp³-hybridized carbons (Fsp3) is 0.400. The molecule has 0 fully saturated rings. The van der Waals surface area contributed by atoms with Crippen molar-refractivity contribution >= 4 is 71.2 Å². The standard InChI is InChI=1S/C16H20FO4PS.C14H16FO4PS/c1-9(2)15-12(19-3)7-13-10(16(15)17)6-14(23-13)11(18)8-22(20-4)21-5;1-7(2)13-10(19-3)5-11-8(14(13)15)4-12(21-11)9(16)6-20(17)18/h6-7,9H,8H2,1-5H3;4-5,7,17-18H,6H2,1-3H3. The predicted octanol–water partition coefficient (Wildman–Crippen LogP) is 8.61. The lowest BCUT2D eigenvalue weighted by atomic mass is 9.99. The third kappa shape index (κ3) is 8.17. The molecule has 44 heavy (non-hydrogen) atoms. The normalized spacial score (nSPS) is 11.6. The van der Waals surface area contributed by atoms with Crippen LogP contribution >= 0.6 is 39.4 Å². The van der Waals surface area contributed by atoms with Gasteiger partial charge in [0, 0.05) is 45.5 Å². The molecule has 0 amide bonds. The van der Waals surface area contributed by atoms with Crippen LogP contribution in [0.1, 0.15) is 70.0 Å². The number of halogens is 2. The molecule has 0 aliphatic rings. The van der Waals surface area contributed by atoms with E-state index in [0.717, 1.165) is 11.3 Å².